The van der Waals surface area contributed by atoms with Crippen LogP contribution in [0.2, 0.25) is 5.02 Å². The van der Waals surface area contributed by atoms with Crippen LogP contribution in [0.5, 0.6) is 0 Å². The van der Waals surface area contributed by atoms with Crippen LogP contribution >= 0.6 is 11.6 Å². The average Bonchev–Trinajstić information content (AvgIpc) is 2.67. The molecule has 0 fully saturated rings. The number of rotatable bonds is 2. The molecule has 0 aliphatic rings. The van der Waals surface area contributed by atoms with Crippen molar-refractivity contribution in [3.05, 3.63) is 41.3 Å². The smallest absolute Gasteiger partial charge is 0.172 e. The maximum atomic E-state index is 5.96. The van der Waals surface area contributed by atoms with E-state index in [0.717, 1.165) is 5.56 Å². The molecule has 0 radical (unpaired) electrons. The summed E-state index contributed by atoms with van der Waals surface area (Å²) >= 11 is 5.96. The van der Waals surface area contributed by atoms with E-state index >= 15 is 0 Å². The first-order valence-electron chi connectivity index (χ1n) is 4.16. The molecule has 0 saturated heterocycles. The van der Waals surface area contributed by atoms with Crippen molar-refractivity contribution in [2.24, 2.45) is 5.73 Å². The first-order chi connectivity index (χ1) is 6.81. The molecule has 0 unspecified atom stereocenters. The predicted octanol–water partition coefficient (Wildman–Crippen LogP) is 1.38. The minimum atomic E-state index is 0.463. The fourth-order valence-corrected chi connectivity index (χ4v) is 1.34. The van der Waals surface area contributed by atoms with Gasteiger partial charge in [-0.2, -0.15) is 5.10 Å². The lowest BCUT2D eigenvalue weighted by Gasteiger charge is -2.00. The normalized spacial score (nSPS) is 10.4. The molecule has 2 aromatic rings. The maximum absolute atomic E-state index is 5.96. The molecule has 0 amide bonds. The summed E-state index contributed by atoms with van der Waals surface area (Å²) < 4.78 is 1.62. The Balaban J connectivity index is 2.44. The molecule has 2 aromatic heterocycles. The molecule has 14 heavy (non-hydrogen) atoms. The maximum Gasteiger partial charge on any atom is 0.172 e. The van der Waals surface area contributed by atoms with E-state index in [-0.39, 0.29) is 0 Å². The molecular weight excluding hydrogens is 200 g/mol. The van der Waals surface area contributed by atoms with Crippen LogP contribution in [0.15, 0.2) is 30.7 Å². The van der Waals surface area contributed by atoms with Gasteiger partial charge in [0, 0.05) is 24.5 Å². The lowest BCUT2D eigenvalue weighted by Crippen LogP contribution is -1.98. The van der Waals surface area contributed by atoms with Gasteiger partial charge in [0.1, 0.15) is 0 Å². The highest BCUT2D eigenvalue weighted by Gasteiger charge is 2.04. The van der Waals surface area contributed by atoms with Crippen LogP contribution in [0.1, 0.15) is 5.56 Å². The van der Waals surface area contributed by atoms with Gasteiger partial charge in [0.25, 0.3) is 0 Å². The van der Waals surface area contributed by atoms with E-state index in [4.69, 9.17) is 17.3 Å². The molecule has 0 spiro atoms. The van der Waals surface area contributed by atoms with Crippen molar-refractivity contribution < 1.29 is 0 Å². The fourth-order valence-electron chi connectivity index (χ4n) is 1.13. The predicted molar refractivity (Wildman–Crippen MR) is 54.3 cm³/mol. The minimum Gasteiger partial charge on any atom is -0.326 e. The highest BCUT2D eigenvalue weighted by atomic mass is 35.5. The lowest BCUT2D eigenvalue weighted by atomic mass is 10.4. The van der Waals surface area contributed by atoms with Crippen LogP contribution in [-0.4, -0.2) is 14.8 Å². The molecule has 0 saturated carbocycles. The van der Waals surface area contributed by atoms with E-state index in [9.17, 15) is 0 Å². The molecule has 4 nitrogen and oxygen atoms in total. The zero-order valence-corrected chi connectivity index (χ0v) is 8.15. The molecule has 2 heterocycles. The highest BCUT2D eigenvalue weighted by Crippen LogP contribution is 2.16. The van der Waals surface area contributed by atoms with Crippen LogP contribution in [0.3, 0.4) is 0 Å². The minimum absolute atomic E-state index is 0.463. The summed E-state index contributed by atoms with van der Waals surface area (Å²) in [6.45, 7) is 0.463. The second kappa shape index (κ2) is 3.77. The van der Waals surface area contributed by atoms with Gasteiger partial charge in [-0.1, -0.05) is 11.6 Å². The summed E-state index contributed by atoms with van der Waals surface area (Å²) in [7, 11) is 0. The van der Waals surface area contributed by atoms with Gasteiger partial charge < -0.3 is 5.73 Å². The van der Waals surface area contributed by atoms with Crippen molar-refractivity contribution in [2.45, 2.75) is 6.54 Å². The van der Waals surface area contributed by atoms with Crippen LogP contribution in [0.25, 0.3) is 5.82 Å². The fraction of sp³-hybridized carbons (Fsp3) is 0.111. The van der Waals surface area contributed by atoms with Crippen molar-refractivity contribution in [1.29, 1.82) is 0 Å². The van der Waals surface area contributed by atoms with Gasteiger partial charge in [0.15, 0.2) is 5.82 Å². The van der Waals surface area contributed by atoms with E-state index in [1.54, 1.807) is 29.2 Å². The van der Waals surface area contributed by atoms with Crippen LogP contribution in [0, 0.1) is 0 Å². The van der Waals surface area contributed by atoms with Crippen molar-refractivity contribution in [1.82, 2.24) is 14.8 Å². The van der Waals surface area contributed by atoms with Gasteiger partial charge in [-0.15, -0.1) is 0 Å². The van der Waals surface area contributed by atoms with Crippen molar-refractivity contribution in [3.8, 4) is 5.82 Å². The summed E-state index contributed by atoms with van der Waals surface area (Å²) in [5.41, 5.74) is 6.42. The monoisotopic (exact) mass is 208 g/mol. The van der Waals surface area contributed by atoms with Gasteiger partial charge in [-0.25, -0.2) is 9.67 Å². The summed E-state index contributed by atoms with van der Waals surface area (Å²) in [6.07, 6.45) is 5.18. The Bertz CT molecular complexity index is 438. The molecule has 72 valence electrons. The van der Waals surface area contributed by atoms with Crippen molar-refractivity contribution >= 4 is 11.6 Å². The number of hydrogen-bond acceptors (Lipinski definition) is 3. The van der Waals surface area contributed by atoms with E-state index in [0.29, 0.717) is 17.4 Å². The number of nitrogens with zero attached hydrogens (tertiary/aromatic N) is 3. The number of hydrogen-bond donors (Lipinski definition) is 1. The van der Waals surface area contributed by atoms with Crippen LogP contribution in [0.4, 0.5) is 0 Å². The Kier molecular flexibility index (Phi) is 2.47. The summed E-state index contributed by atoms with van der Waals surface area (Å²) in [5.74, 6) is 0.619. The number of pyridine rings is 1. The Morgan fingerprint density at radius 2 is 2.36 bits per heavy atom. The molecule has 0 aliphatic carbocycles. The number of aromatic nitrogens is 3. The van der Waals surface area contributed by atoms with Gasteiger partial charge in [0.2, 0.25) is 0 Å². The van der Waals surface area contributed by atoms with Crippen LogP contribution in [-0.2, 0) is 6.54 Å². The third kappa shape index (κ3) is 1.62. The second-order valence-corrected chi connectivity index (χ2v) is 3.21. The first kappa shape index (κ1) is 9.18. The molecule has 2 rings (SSSR count). The molecule has 0 bridgehead atoms. The Morgan fingerprint density at radius 3 is 3.00 bits per heavy atom. The van der Waals surface area contributed by atoms with Gasteiger partial charge in [-0.3, -0.25) is 0 Å². The quantitative estimate of drug-likeness (QED) is 0.811. The van der Waals surface area contributed by atoms with Gasteiger partial charge in [-0.05, 0) is 12.1 Å². The second-order valence-electron chi connectivity index (χ2n) is 2.81. The first-order valence-corrected chi connectivity index (χ1v) is 4.53. The summed E-state index contributed by atoms with van der Waals surface area (Å²) in [6, 6.07) is 3.55. The number of halogens is 1. The third-order valence-corrected chi connectivity index (χ3v) is 2.12. The SMILES string of the molecule is NCc1cnn(-c2ncccc2Cl)c1. The molecule has 0 atom stereocenters. The zero-order chi connectivity index (χ0) is 9.97. The molecule has 0 aromatic carbocycles. The van der Waals surface area contributed by atoms with E-state index < -0.39 is 0 Å². The third-order valence-electron chi connectivity index (χ3n) is 1.83. The Morgan fingerprint density at radius 1 is 1.50 bits per heavy atom. The van der Waals surface area contributed by atoms with E-state index in [1.165, 1.54) is 0 Å². The average molecular weight is 209 g/mol. The standard InChI is InChI=1S/C9H9ClN4/c10-8-2-1-3-12-9(8)14-6-7(4-11)5-13-14/h1-3,5-6H,4,11H2. The summed E-state index contributed by atoms with van der Waals surface area (Å²) in [4.78, 5) is 4.12. The Labute approximate surface area is 86.3 Å². The molecular formula is C9H9ClN4. The van der Waals surface area contributed by atoms with Crippen molar-refractivity contribution in [3.63, 3.8) is 0 Å². The molecule has 5 heteroatoms. The largest absolute Gasteiger partial charge is 0.326 e. The van der Waals surface area contributed by atoms with Gasteiger partial charge in [0.05, 0.1) is 11.2 Å². The van der Waals surface area contributed by atoms with Gasteiger partial charge >= 0.3 is 0 Å². The van der Waals surface area contributed by atoms with Crippen molar-refractivity contribution in [2.75, 3.05) is 0 Å². The summed E-state index contributed by atoms with van der Waals surface area (Å²) in [5, 5.41) is 4.68. The molecule has 2 N–H and O–H groups in total. The van der Waals surface area contributed by atoms with E-state index in [1.807, 2.05) is 6.20 Å². The lowest BCUT2D eigenvalue weighted by molar-refractivity contribution is 0.846. The zero-order valence-electron chi connectivity index (χ0n) is 7.39. The van der Waals surface area contributed by atoms with E-state index in [2.05, 4.69) is 10.1 Å². The topological polar surface area (TPSA) is 56.7 Å². The number of nitrogens with two attached hydrogens (primary N) is 1. The van der Waals surface area contributed by atoms with Crippen LogP contribution < -0.4 is 5.73 Å². The molecule has 0 aliphatic heterocycles. The Hall–Kier alpha value is -1.39. The highest BCUT2D eigenvalue weighted by molar-refractivity contribution is 6.32.